The Balaban J connectivity index is 2.20. The third-order valence-electron chi connectivity index (χ3n) is 3.80. The van der Waals surface area contributed by atoms with Gasteiger partial charge >= 0.3 is 0 Å². The Morgan fingerprint density at radius 3 is 2.53 bits per heavy atom. The summed E-state index contributed by atoms with van der Waals surface area (Å²) in [5.41, 5.74) is 0. The summed E-state index contributed by atoms with van der Waals surface area (Å²) < 4.78 is 0. The van der Waals surface area contributed by atoms with Gasteiger partial charge in [0, 0.05) is 0 Å². The highest BCUT2D eigenvalue weighted by Gasteiger charge is 2.25. The van der Waals surface area contributed by atoms with Crippen LogP contribution in [0, 0.1) is 11.8 Å². The van der Waals surface area contributed by atoms with Gasteiger partial charge in [0.05, 0.1) is 6.10 Å². The first-order valence-electron chi connectivity index (χ1n) is 6.56. The van der Waals surface area contributed by atoms with Crippen LogP contribution in [0.5, 0.6) is 0 Å². The molecule has 0 aromatic heterocycles. The third-order valence-corrected chi connectivity index (χ3v) is 3.80. The van der Waals surface area contributed by atoms with Gasteiger partial charge < -0.3 is 5.11 Å². The fourth-order valence-corrected chi connectivity index (χ4v) is 2.79. The maximum atomic E-state index is 9.97. The van der Waals surface area contributed by atoms with Crippen LogP contribution in [0.3, 0.4) is 0 Å². The van der Waals surface area contributed by atoms with Crippen LogP contribution < -0.4 is 0 Å². The minimum Gasteiger partial charge on any atom is -0.393 e. The van der Waals surface area contributed by atoms with Crippen molar-refractivity contribution < 1.29 is 5.11 Å². The molecular weight excluding hydrogens is 184 g/mol. The molecule has 1 N–H and O–H groups in total. The molecule has 0 aromatic carbocycles. The molecule has 0 bridgehead atoms. The number of aliphatic hydroxyl groups is 1. The van der Waals surface area contributed by atoms with Crippen LogP contribution in [0.15, 0.2) is 12.7 Å². The molecule has 0 saturated heterocycles. The molecule has 0 aromatic rings. The van der Waals surface area contributed by atoms with Crippen molar-refractivity contribution in [3.63, 3.8) is 0 Å². The number of aliphatic hydroxyl groups excluding tert-OH is 1. The number of hydrogen-bond donors (Lipinski definition) is 1. The van der Waals surface area contributed by atoms with Crippen LogP contribution in [0.25, 0.3) is 0 Å². The summed E-state index contributed by atoms with van der Waals surface area (Å²) in [5, 5.41) is 9.97. The smallest absolute Gasteiger partial charge is 0.0571 e. The molecule has 1 rings (SSSR count). The molecule has 1 nitrogen and oxygen atoms in total. The van der Waals surface area contributed by atoms with E-state index in [4.69, 9.17) is 0 Å². The van der Waals surface area contributed by atoms with E-state index in [1.165, 1.54) is 38.5 Å². The Labute approximate surface area is 94.6 Å². The van der Waals surface area contributed by atoms with Gasteiger partial charge in [-0.2, -0.15) is 0 Å². The van der Waals surface area contributed by atoms with Gasteiger partial charge in [0.1, 0.15) is 0 Å². The normalized spacial score (nSPS) is 28.7. The van der Waals surface area contributed by atoms with Crippen molar-refractivity contribution >= 4 is 0 Å². The van der Waals surface area contributed by atoms with Crippen molar-refractivity contribution in [2.75, 3.05) is 0 Å². The highest BCUT2D eigenvalue weighted by molar-refractivity contribution is 4.79. The minimum atomic E-state index is -0.0782. The van der Waals surface area contributed by atoms with E-state index < -0.39 is 0 Å². The summed E-state index contributed by atoms with van der Waals surface area (Å²) in [6, 6.07) is 0. The lowest BCUT2D eigenvalue weighted by Gasteiger charge is -2.31. The molecule has 1 heteroatoms. The second kappa shape index (κ2) is 7.05. The Morgan fingerprint density at radius 2 is 2.00 bits per heavy atom. The second-order valence-electron chi connectivity index (χ2n) is 5.00. The van der Waals surface area contributed by atoms with Crippen molar-refractivity contribution in [3.05, 3.63) is 12.7 Å². The maximum absolute atomic E-state index is 9.97. The summed E-state index contributed by atoms with van der Waals surface area (Å²) in [5.74, 6) is 1.51. The zero-order valence-electron chi connectivity index (χ0n) is 10.1. The summed E-state index contributed by atoms with van der Waals surface area (Å²) in [6.45, 7) is 5.97. The van der Waals surface area contributed by atoms with E-state index in [0.717, 1.165) is 18.8 Å². The summed E-state index contributed by atoms with van der Waals surface area (Å²) in [7, 11) is 0. The van der Waals surface area contributed by atoms with Gasteiger partial charge in [-0.05, 0) is 37.5 Å². The van der Waals surface area contributed by atoms with Gasteiger partial charge in [-0.1, -0.05) is 38.7 Å². The van der Waals surface area contributed by atoms with E-state index >= 15 is 0 Å². The Hall–Kier alpha value is -0.300. The largest absolute Gasteiger partial charge is 0.393 e. The fourth-order valence-electron chi connectivity index (χ4n) is 2.79. The van der Waals surface area contributed by atoms with Crippen LogP contribution >= 0.6 is 0 Å². The fraction of sp³-hybridized carbons (Fsp3) is 0.857. The van der Waals surface area contributed by atoms with Crippen LogP contribution in [-0.4, -0.2) is 11.2 Å². The molecule has 0 radical (unpaired) electrons. The topological polar surface area (TPSA) is 20.2 Å². The van der Waals surface area contributed by atoms with Crippen LogP contribution in [-0.2, 0) is 0 Å². The van der Waals surface area contributed by atoms with Gasteiger partial charge in [0.2, 0.25) is 0 Å². The Morgan fingerprint density at radius 1 is 1.33 bits per heavy atom. The van der Waals surface area contributed by atoms with Gasteiger partial charge in [0.25, 0.3) is 0 Å². The first kappa shape index (κ1) is 12.8. The van der Waals surface area contributed by atoms with Gasteiger partial charge in [-0.25, -0.2) is 0 Å². The van der Waals surface area contributed by atoms with Crippen molar-refractivity contribution in [2.24, 2.45) is 11.8 Å². The lowest BCUT2D eigenvalue weighted by atomic mass is 9.77. The maximum Gasteiger partial charge on any atom is 0.0571 e. The predicted molar refractivity (Wildman–Crippen MR) is 65.8 cm³/mol. The molecule has 0 spiro atoms. The zero-order valence-corrected chi connectivity index (χ0v) is 10.1. The van der Waals surface area contributed by atoms with Crippen molar-refractivity contribution in [1.82, 2.24) is 0 Å². The molecule has 1 saturated carbocycles. The first-order chi connectivity index (χ1) is 7.27. The van der Waals surface area contributed by atoms with Gasteiger partial charge in [-0.3, -0.25) is 0 Å². The van der Waals surface area contributed by atoms with Crippen LogP contribution in [0.4, 0.5) is 0 Å². The first-order valence-corrected chi connectivity index (χ1v) is 6.56. The molecule has 15 heavy (non-hydrogen) atoms. The summed E-state index contributed by atoms with van der Waals surface area (Å²) in [6.07, 6.45) is 11.5. The summed E-state index contributed by atoms with van der Waals surface area (Å²) >= 11 is 0. The molecule has 88 valence electrons. The molecule has 1 unspecified atom stereocenters. The quantitative estimate of drug-likeness (QED) is 0.659. The van der Waals surface area contributed by atoms with E-state index in [-0.39, 0.29) is 6.10 Å². The Kier molecular flexibility index (Phi) is 6.00. The van der Waals surface area contributed by atoms with E-state index in [1.807, 2.05) is 6.08 Å². The van der Waals surface area contributed by atoms with E-state index in [1.54, 1.807) is 0 Å². The molecule has 1 aliphatic rings. The second-order valence-corrected chi connectivity index (χ2v) is 5.00. The van der Waals surface area contributed by atoms with Crippen molar-refractivity contribution in [3.8, 4) is 0 Å². The number of hydrogen-bond acceptors (Lipinski definition) is 1. The molecule has 1 atom stereocenters. The molecule has 0 heterocycles. The molecule has 0 amide bonds. The van der Waals surface area contributed by atoms with E-state index in [2.05, 4.69) is 13.5 Å². The number of rotatable bonds is 6. The third kappa shape index (κ3) is 4.38. The van der Waals surface area contributed by atoms with E-state index in [0.29, 0.717) is 5.92 Å². The average molecular weight is 210 g/mol. The van der Waals surface area contributed by atoms with Crippen molar-refractivity contribution in [1.29, 1.82) is 0 Å². The minimum absolute atomic E-state index is 0.0782. The van der Waals surface area contributed by atoms with Gasteiger partial charge in [-0.15, -0.1) is 6.58 Å². The standard InChI is InChI=1S/C14H26O/c1-3-5-7-14(15)13-10-8-12(6-4-2)9-11-13/h3,12-15H,1,4-11H2,2H3. The molecular formula is C14H26O. The molecule has 1 fully saturated rings. The highest BCUT2D eigenvalue weighted by atomic mass is 16.3. The Bertz CT molecular complexity index is 168. The SMILES string of the molecule is C=CCCC(O)C1CCC(CCC)CC1. The van der Waals surface area contributed by atoms with Crippen LogP contribution in [0.2, 0.25) is 0 Å². The van der Waals surface area contributed by atoms with Gasteiger partial charge in [0.15, 0.2) is 0 Å². The van der Waals surface area contributed by atoms with Crippen LogP contribution in [0.1, 0.15) is 58.3 Å². The monoisotopic (exact) mass is 210 g/mol. The predicted octanol–water partition coefficient (Wildman–Crippen LogP) is 3.92. The van der Waals surface area contributed by atoms with Crippen molar-refractivity contribution in [2.45, 2.75) is 64.4 Å². The molecule has 1 aliphatic carbocycles. The van der Waals surface area contributed by atoms with E-state index in [9.17, 15) is 5.11 Å². The zero-order chi connectivity index (χ0) is 11.1. The lowest BCUT2D eigenvalue weighted by molar-refractivity contribution is 0.0665. The average Bonchev–Trinajstić information content (AvgIpc) is 2.27. The number of allylic oxidation sites excluding steroid dienone is 1. The highest BCUT2D eigenvalue weighted by Crippen LogP contribution is 2.34. The summed E-state index contributed by atoms with van der Waals surface area (Å²) in [4.78, 5) is 0. The lowest BCUT2D eigenvalue weighted by Crippen LogP contribution is -2.25. The molecule has 0 aliphatic heterocycles.